The molecule has 6 aromatic carbocycles. The summed E-state index contributed by atoms with van der Waals surface area (Å²) in [6.45, 7) is 4.52. The normalized spacial score (nSPS) is 10.7. The van der Waals surface area contributed by atoms with Crippen LogP contribution in [0.25, 0.3) is 39.3 Å². The third-order valence-corrected chi connectivity index (χ3v) is 8.71. The minimum absolute atomic E-state index is 0. The van der Waals surface area contributed by atoms with Gasteiger partial charge in [0.05, 0.1) is 0 Å². The van der Waals surface area contributed by atoms with E-state index in [9.17, 15) is 12.9 Å². The summed E-state index contributed by atoms with van der Waals surface area (Å²) in [7, 11) is -3.67. The van der Waals surface area contributed by atoms with Gasteiger partial charge in [-0.15, -0.1) is 0 Å². The summed E-state index contributed by atoms with van der Waals surface area (Å²) >= 11 is 0. The van der Waals surface area contributed by atoms with Gasteiger partial charge in [-0.1, -0.05) is 123 Å². The summed E-state index contributed by atoms with van der Waals surface area (Å²) in [6, 6.07) is 63.9. The van der Waals surface area contributed by atoms with Crippen LogP contribution in [0.4, 0.5) is 12.9 Å². The monoisotopic (exact) mass is 681 g/mol. The highest BCUT2D eigenvalue weighted by Crippen LogP contribution is 2.34. The van der Waals surface area contributed by atoms with Crippen LogP contribution in [0.1, 0.15) is 25.0 Å². The van der Waals surface area contributed by atoms with E-state index in [2.05, 4.69) is 200 Å². The molecule has 0 saturated heterocycles. The first-order chi connectivity index (χ1) is 24.3. The van der Waals surface area contributed by atoms with E-state index < -0.39 is 7.54 Å². The van der Waals surface area contributed by atoms with Crippen LogP contribution in [0.3, 0.4) is 0 Å². The number of benzene rings is 6. The summed E-state index contributed by atoms with van der Waals surface area (Å²) < 4.78 is 37.7. The molecule has 0 unspecified atom stereocenters. The Labute approximate surface area is 297 Å². The van der Waals surface area contributed by atoms with Gasteiger partial charge in [-0.05, 0) is 70.8 Å². The van der Waals surface area contributed by atoms with Crippen LogP contribution in [-0.4, -0.2) is 7.54 Å². The van der Waals surface area contributed by atoms with Gasteiger partial charge in [-0.25, -0.2) is 0 Å². The van der Waals surface area contributed by atoms with Crippen molar-refractivity contribution in [3.63, 3.8) is 0 Å². The zero-order chi connectivity index (χ0) is 34.9. The average Bonchev–Trinajstić information content (AvgIpc) is 3.16. The van der Waals surface area contributed by atoms with Crippen molar-refractivity contribution in [1.29, 1.82) is 0 Å². The van der Waals surface area contributed by atoms with Gasteiger partial charge in [0.25, 0.3) is 0 Å². The molecule has 0 aliphatic carbocycles. The third kappa shape index (κ3) is 8.81. The van der Waals surface area contributed by atoms with E-state index in [4.69, 9.17) is 4.74 Å². The molecule has 1 heterocycles. The summed E-state index contributed by atoms with van der Waals surface area (Å²) in [5.74, 6) is 1.61. The Morgan fingerprint density at radius 2 is 0.804 bits per heavy atom. The number of pyridine rings is 1. The van der Waals surface area contributed by atoms with Crippen molar-refractivity contribution >= 4 is 7.54 Å². The maximum atomic E-state index is 9.67. The van der Waals surface area contributed by atoms with Crippen molar-refractivity contribution in [2.24, 2.45) is 0 Å². The molecule has 7 rings (SSSR count). The average molecular weight is 682 g/mol. The molecule has 0 N–H and O–H groups in total. The molecule has 0 fully saturated rings. The fraction of sp³-hybridized carbons (Fsp3) is 0.0682. The predicted octanol–water partition coefficient (Wildman–Crippen LogP) is 8.97. The van der Waals surface area contributed by atoms with Crippen molar-refractivity contribution in [1.82, 2.24) is 0 Å². The lowest BCUT2D eigenvalue weighted by Gasteiger charge is -2.26. The predicted molar refractivity (Wildman–Crippen MR) is 198 cm³/mol. The second-order valence-corrected chi connectivity index (χ2v) is 12.3. The summed E-state index contributed by atoms with van der Waals surface area (Å²) in [5.41, 5.74) is 10.4. The van der Waals surface area contributed by atoms with Gasteiger partial charge in [0.1, 0.15) is 11.5 Å². The zero-order valence-electron chi connectivity index (χ0n) is 28.3. The first-order valence-electron chi connectivity index (χ1n) is 16.4. The van der Waals surface area contributed by atoms with Crippen LogP contribution in [-0.2, 0) is 5.41 Å². The molecule has 7 aromatic rings. The first-order valence-corrected chi connectivity index (χ1v) is 16.4. The van der Waals surface area contributed by atoms with Crippen LogP contribution >= 0.6 is 0 Å². The number of hydrogen-bond donors (Lipinski definition) is 0. The Bertz CT molecular complexity index is 2050. The summed E-state index contributed by atoms with van der Waals surface area (Å²) in [6.07, 6.45) is 0. The van der Waals surface area contributed by atoms with E-state index in [0.29, 0.717) is 0 Å². The van der Waals surface area contributed by atoms with Crippen molar-refractivity contribution in [3.8, 4) is 50.8 Å². The van der Waals surface area contributed by atoms with Crippen molar-refractivity contribution in [3.05, 3.63) is 193 Å². The van der Waals surface area contributed by atoms with Crippen molar-refractivity contribution in [2.75, 3.05) is 0 Å². The summed E-state index contributed by atoms with van der Waals surface area (Å²) in [4.78, 5) is 0. The molecule has 51 heavy (non-hydrogen) atoms. The third-order valence-electron chi connectivity index (χ3n) is 8.71. The van der Waals surface area contributed by atoms with Crippen molar-refractivity contribution in [2.45, 2.75) is 19.3 Å². The quantitative estimate of drug-likeness (QED) is 0.0887. The second-order valence-electron chi connectivity index (χ2n) is 12.3. The first kappa shape index (κ1) is 36.3. The highest BCUT2D eigenvalue weighted by Gasteiger charge is 2.25. The molecule has 0 amide bonds. The molecule has 254 valence electrons. The Morgan fingerprint density at radius 3 is 1.24 bits per heavy atom. The second kappa shape index (κ2) is 16.6. The van der Waals surface area contributed by atoms with Gasteiger partial charge in [0.15, 0.2) is 0 Å². The Morgan fingerprint density at radius 1 is 0.451 bits per heavy atom. The molecule has 0 atom stereocenters. The number of rotatable bonds is 8. The van der Waals surface area contributed by atoms with Gasteiger partial charge in [0, 0.05) is 40.8 Å². The molecular formula is C44H36BF4NO. The maximum Gasteiger partial charge on any atom is 0.762 e. The van der Waals surface area contributed by atoms with E-state index in [0.717, 1.165) is 39.7 Å². The number of ether oxygens (including phenoxy) is 1. The Kier molecular flexibility index (Phi) is 11.9. The van der Waals surface area contributed by atoms with Crippen LogP contribution in [0, 0.1) is 0 Å². The van der Waals surface area contributed by atoms with E-state index in [-0.39, 0.29) is 10.1 Å². The molecule has 2 nitrogen and oxygen atoms in total. The van der Waals surface area contributed by atoms with E-state index in [1.54, 1.807) is 0 Å². The van der Waals surface area contributed by atoms with Crippen LogP contribution in [0.15, 0.2) is 182 Å². The minimum atomic E-state index is -3.67. The standard InChI is InChI=1S/C44H36NO.BF3.FH/c1-44(2,37-21-13-6-14-22-37)38-23-27-40(28-24-38)46-41-29-25-39(26-30-41)45-42(34-17-9-4-10-18-34)31-36(33-15-7-3-8-16-33)32-43(45)35-19-11-5-12-20-35;2-1(3)4;/h3-32H,1-2H3;;1H/q+1;;/p-1. The molecule has 0 aliphatic heterocycles. The molecule has 0 saturated carbocycles. The largest absolute Gasteiger partial charge is 1.00 e. The van der Waals surface area contributed by atoms with Crippen molar-refractivity contribution < 1.29 is 27.0 Å². The van der Waals surface area contributed by atoms with Gasteiger partial charge >= 0.3 is 7.54 Å². The smallest absolute Gasteiger partial charge is 0.762 e. The Balaban J connectivity index is 0.000000959. The fourth-order valence-electron chi connectivity index (χ4n) is 6.07. The maximum absolute atomic E-state index is 9.67. The number of nitrogens with zero attached hydrogens (tertiary/aromatic N) is 1. The lowest BCUT2D eigenvalue weighted by Crippen LogP contribution is -3.00. The number of aromatic nitrogens is 1. The topological polar surface area (TPSA) is 13.1 Å². The highest BCUT2D eigenvalue weighted by atomic mass is 19.4. The van der Waals surface area contributed by atoms with Crippen LogP contribution < -0.4 is 14.0 Å². The van der Waals surface area contributed by atoms with Gasteiger partial charge in [0.2, 0.25) is 17.1 Å². The molecule has 0 bridgehead atoms. The zero-order valence-corrected chi connectivity index (χ0v) is 28.3. The van der Waals surface area contributed by atoms with E-state index in [1.165, 1.54) is 22.3 Å². The van der Waals surface area contributed by atoms with Gasteiger partial charge < -0.3 is 9.44 Å². The van der Waals surface area contributed by atoms with E-state index in [1.807, 2.05) is 0 Å². The number of halogens is 4. The minimum Gasteiger partial charge on any atom is -1.00 e. The SMILES string of the molecule is CC(C)(c1ccccc1)c1ccc(Oc2ccc(-[n+]3c(-c4ccccc4)cc(-c4ccccc4)cc3-c3ccccc3)cc2)cc1.FB(F)F.[F-]. The fourth-order valence-corrected chi connectivity index (χ4v) is 6.07. The Hall–Kier alpha value is -5.95. The highest BCUT2D eigenvalue weighted by molar-refractivity contribution is 6.33. The van der Waals surface area contributed by atoms with Crippen LogP contribution in [0.5, 0.6) is 11.5 Å². The molecule has 7 heteroatoms. The molecule has 0 radical (unpaired) electrons. The number of hydrogen-bond acceptors (Lipinski definition) is 1. The lowest BCUT2D eigenvalue weighted by atomic mass is 9.78. The van der Waals surface area contributed by atoms with Crippen LogP contribution in [0.2, 0.25) is 0 Å². The molecular weight excluding hydrogens is 645 g/mol. The van der Waals surface area contributed by atoms with Gasteiger partial charge in [-0.3, -0.25) is 12.9 Å². The van der Waals surface area contributed by atoms with E-state index >= 15 is 0 Å². The van der Waals surface area contributed by atoms with Gasteiger partial charge in [-0.2, -0.15) is 4.57 Å². The molecule has 0 spiro atoms. The summed E-state index contributed by atoms with van der Waals surface area (Å²) in [5, 5.41) is 0. The molecule has 1 aromatic heterocycles. The molecule has 0 aliphatic rings. The lowest BCUT2D eigenvalue weighted by molar-refractivity contribution is -0.572.